The van der Waals surface area contributed by atoms with Crippen molar-refractivity contribution in [2.24, 2.45) is 47.3 Å². The Morgan fingerprint density at radius 2 is 0.889 bits per heavy atom. The van der Waals surface area contributed by atoms with Gasteiger partial charge in [0.15, 0.2) is 0 Å². The van der Waals surface area contributed by atoms with Crippen molar-refractivity contribution in [1.82, 2.24) is 29.4 Å². The summed E-state index contributed by atoms with van der Waals surface area (Å²) in [5.41, 5.74) is 0. The van der Waals surface area contributed by atoms with Gasteiger partial charge in [-0.1, -0.05) is 12.2 Å². The molecule has 8 atom stereocenters. The average Bonchev–Trinajstić information content (AvgIpc) is 3.22. The zero-order chi connectivity index (χ0) is 24.9. The Kier molecular flexibility index (Phi) is 5.23. The molecule has 10 nitrogen and oxygen atoms in total. The first-order valence-corrected chi connectivity index (χ1v) is 13.6. The first kappa shape index (κ1) is 23.0. The highest BCUT2D eigenvalue weighted by molar-refractivity contribution is 6.09. The fourth-order valence-electron chi connectivity index (χ4n) is 8.38. The summed E-state index contributed by atoms with van der Waals surface area (Å²) in [6, 6.07) is 0. The fraction of sp³-hybridized carbons (Fsp3) is 0.769. The number of fused-ring (bicyclic) bond motifs is 1. The van der Waals surface area contributed by atoms with Gasteiger partial charge in [0.05, 0.1) is 37.0 Å². The van der Waals surface area contributed by atoms with Gasteiger partial charge in [-0.3, -0.25) is 38.8 Å². The number of nitrogens with zero attached hydrogens (tertiary/aromatic N) is 6. The molecule has 8 aliphatic rings. The van der Waals surface area contributed by atoms with E-state index in [4.69, 9.17) is 0 Å². The van der Waals surface area contributed by atoms with Gasteiger partial charge < -0.3 is 9.80 Å². The van der Waals surface area contributed by atoms with E-state index in [1.165, 1.54) is 9.80 Å². The molecule has 6 fully saturated rings. The van der Waals surface area contributed by atoms with Crippen molar-refractivity contribution in [3.05, 3.63) is 12.2 Å². The summed E-state index contributed by atoms with van der Waals surface area (Å²) >= 11 is 0. The zero-order valence-corrected chi connectivity index (χ0v) is 21.2. The number of carbonyl (C=O) groups excluding carboxylic acids is 4. The summed E-state index contributed by atoms with van der Waals surface area (Å²) in [6.45, 7) is 7.82. The molecule has 0 aromatic carbocycles. The third-order valence-corrected chi connectivity index (χ3v) is 10.4. The lowest BCUT2D eigenvalue weighted by Crippen LogP contribution is -2.63. The number of amides is 4. The van der Waals surface area contributed by atoms with Crippen molar-refractivity contribution in [1.29, 1.82) is 0 Å². The standard InChI is InChI=1S/C26H36N6O4/c1-27-5-9-29(10-6-27)13-31-23(33)19-15-3-4-16(20(19)24(31)34)18-17(15)21-22(18)26(36)32(25(21)35)14-30-11-7-28(2)8-12-30/h3-4,15-22H,5-14H2,1-2H3/t15?,16?,17-,18?,19+,20-,21-,22+/m0/s1. The van der Waals surface area contributed by atoms with Gasteiger partial charge in [-0.2, -0.15) is 0 Å². The molecule has 0 spiro atoms. The fourth-order valence-corrected chi connectivity index (χ4v) is 8.38. The predicted molar refractivity (Wildman–Crippen MR) is 129 cm³/mol. The number of allylic oxidation sites excluding steroid dienone is 2. The lowest BCUT2D eigenvalue weighted by Gasteiger charge is -2.60. The molecule has 4 aliphatic carbocycles. The lowest BCUT2D eigenvalue weighted by atomic mass is 9.40. The Balaban J connectivity index is 1.10. The number of hydrogen-bond donors (Lipinski definition) is 0. The number of likely N-dealkylation sites (tertiary alicyclic amines) is 2. The van der Waals surface area contributed by atoms with Gasteiger partial charge in [-0.25, -0.2) is 0 Å². The molecule has 0 aromatic heterocycles. The zero-order valence-electron chi connectivity index (χ0n) is 21.2. The Hall–Kier alpha value is -2.14. The normalized spacial score (nSPS) is 43.3. The monoisotopic (exact) mass is 496 g/mol. The van der Waals surface area contributed by atoms with Gasteiger partial charge in [0, 0.05) is 52.4 Å². The maximum atomic E-state index is 13.6. The van der Waals surface area contributed by atoms with Crippen LogP contribution in [0, 0.1) is 47.3 Å². The van der Waals surface area contributed by atoms with E-state index < -0.39 is 0 Å². The van der Waals surface area contributed by atoms with Gasteiger partial charge in [-0.05, 0) is 37.8 Å². The number of piperazine rings is 2. The summed E-state index contributed by atoms with van der Waals surface area (Å²) in [5, 5.41) is 0. The Morgan fingerprint density at radius 3 is 1.25 bits per heavy atom. The number of likely N-dealkylation sites (N-methyl/N-ethyl adjacent to an activating group) is 2. The second-order valence-electron chi connectivity index (χ2n) is 12.1. The van der Waals surface area contributed by atoms with Gasteiger partial charge >= 0.3 is 0 Å². The first-order valence-electron chi connectivity index (χ1n) is 13.6. The van der Waals surface area contributed by atoms with Crippen molar-refractivity contribution in [3.63, 3.8) is 0 Å². The van der Waals surface area contributed by atoms with E-state index in [2.05, 4.69) is 45.8 Å². The lowest BCUT2D eigenvalue weighted by molar-refractivity contribution is -0.166. The molecule has 2 saturated carbocycles. The predicted octanol–water partition coefficient (Wildman–Crippen LogP) is -1.34. The third-order valence-electron chi connectivity index (χ3n) is 10.4. The van der Waals surface area contributed by atoms with Crippen LogP contribution >= 0.6 is 0 Å². The largest absolute Gasteiger partial charge is 0.304 e. The quantitative estimate of drug-likeness (QED) is 0.349. The van der Waals surface area contributed by atoms with Crippen LogP contribution in [0.3, 0.4) is 0 Å². The number of imide groups is 2. The van der Waals surface area contributed by atoms with Crippen molar-refractivity contribution < 1.29 is 19.2 Å². The van der Waals surface area contributed by atoms with Crippen molar-refractivity contribution in [2.75, 3.05) is 79.8 Å². The van der Waals surface area contributed by atoms with E-state index >= 15 is 0 Å². The molecule has 4 heterocycles. The minimum atomic E-state index is -0.378. The van der Waals surface area contributed by atoms with Crippen molar-refractivity contribution in [2.45, 2.75) is 0 Å². The molecule has 0 radical (unpaired) electrons. The molecule has 4 amide bonds. The van der Waals surface area contributed by atoms with Crippen LogP contribution in [-0.2, 0) is 19.2 Å². The van der Waals surface area contributed by atoms with E-state index in [0.717, 1.165) is 52.4 Å². The van der Waals surface area contributed by atoms with E-state index in [1.807, 2.05) is 0 Å². The van der Waals surface area contributed by atoms with Crippen LogP contribution in [0.2, 0.25) is 0 Å². The maximum Gasteiger partial charge on any atom is 0.234 e. The molecule has 4 saturated heterocycles. The molecule has 0 aromatic rings. The molecule has 0 N–H and O–H groups in total. The number of carbonyl (C=O) groups is 4. The Labute approximate surface area is 211 Å². The van der Waals surface area contributed by atoms with Crippen LogP contribution < -0.4 is 0 Å². The number of hydrogen-bond acceptors (Lipinski definition) is 8. The van der Waals surface area contributed by atoms with Crippen molar-refractivity contribution in [3.8, 4) is 0 Å². The van der Waals surface area contributed by atoms with E-state index in [0.29, 0.717) is 13.3 Å². The molecule has 10 heteroatoms. The highest BCUT2D eigenvalue weighted by Gasteiger charge is 2.75. The highest BCUT2D eigenvalue weighted by atomic mass is 16.2. The van der Waals surface area contributed by atoms with Crippen LogP contribution in [-0.4, -0.2) is 133 Å². The van der Waals surface area contributed by atoms with Crippen LogP contribution in [0.1, 0.15) is 0 Å². The van der Waals surface area contributed by atoms with Crippen LogP contribution in [0.4, 0.5) is 0 Å². The first-order chi connectivity index (χ1) is 17.3. The molecule has 2 bridgehead atoms. The molecule has 8 rings (SSSR count). The summed E-state index contributed by atoms with van der Waals surface area (Å²) < 4.78 is 0. The summed E-state index contributed by atoms with van der Waals surface area (Å²) in [7, 11) is 4.17. The van der Waals surface area contributed by atoms with Crippen LogP contribution in [0.25, 0.3) is 0 Å². The van der Waals surface area contributed by atoms with Crippen LogP contribution in [0.5, 0.6) is 0 Å². The van der Waals surface area contributed by atoms with E-state index in [-0.39, 0.29) is 71.0 Å². The maximum absolute atomic E-state index is 13.6. The molecular formula is C26H36N6O4. The second kappa shape index (κ2) is 8.18. The summed E-state index contributed by atoms with van der Waals surface area (Å²) in [4.78, 5) is 66.1. The van der Waals surface area contributed by atoms with Gasteiger partial charge in [0.1, 0.15) is 0 Å². The van der Waals surface area contributed by atoms with Gasteiger partial charge in [0.25, 0.3) is 0 Å². The van der Waals surface area contributed by atoms with Gasteiger partial charge in [0.2, 0.25) is 23.6 Å². The number of rotatable bonds is 4. The molecular weight excluding hydrogens is 460 g/mol. The molecule has 194 valence electrons. The summed E-state index contributed by atoms with van der Waals surface area (Å²) in [6.07, 6.45) is 4.18. The minimum Gasteiger partial charge on any atom is -0.304 e. The van der Waals surface area contributed by atoms with Crippen molar-refractivity contribution >= 4 is 23.6 Å². The summed E-state index contributed by atoms with van der Waals surface area (Å²) in [5.74, 6) is -1.93. The smallest absolute Gasteiger partial charge is 0.234 e. The van der Waals surface area contributed by atoms with Crippen LogP contribution in [0.15, 0.2) is 12.2 Å². The Morgan fingerprint density at radius 1 is 0.556 bits per heavy atom. The highest BCUT2D eigenvalue weighted by Crippen LogP contribution is 2.68. The second-order valence-corrected chi connectivity index (χ2v) is 12.1. The average molecular weight is 497 g/mol. The Bertz CT molecular complexity index is 975. The SMILES string of the molecule is CN1CCN(CN2C(=O)[C@H]3[C@@H]4C(C5C=CC4[C@H]4C(=O)N(CN6CCN(C)CC6)C(=O)[C@@H]54)[C@H]3C2=O)CC1. The molecule has 4 aliphatic heterocycles. The topological polar surface area (TPSA) is 87.7 Å². The minimum absolute atomic E-state index is 0.000487. The third kappa shape index (κ3) is 3.10. The van der Waals surface area contributed by atoms with E-state index in [9.17, 15) is 19.2 Å². The van der Waals surface area contributed by atoms with E-state index in [1.54, 1.807) is 0 Å². The van der Waals surface area contributed by atoms with Gasteiger partial charge in [-0.15, -0.1) is 0 Å². The molecule has 3 unspecified atom stereocenters. The molecule has 36 heavy (non-hydrogen) atoms.